The lowest BCUT2D eigenvalue weighted by Crippen LogP contribution is -2.30. The topological polar surface area (TPSA) is 50.9 Å². The zero-order valence-electron chi connectivity index (χ0n) is 12.3. The van der Waals surface area contributed by atoms with Gasteiger partial charge in [0.05, 0.1) is 16.7 Å². The Bertz CT molecular complexity index is 620. The molecule has 0 aliphatic carbocycles. The molecule has 0 saturated carbocycles. The van der Waals surface area contributed by atoms with E-state index in [1.165, 1.54) is 0 Å². The van der Waals surface area contributed by atoms with E-state index in [2.05, 4.69) is 69.5 Å². The summed E-state index contributed by atoms with van der Waals surface area (Å²) in [7, 11) is 0. The van der Waals surface area contributed by atoms with Gasteiger partial charge in [0.2, 0.25) is 0 Å². The van der Waals surface area contributed by atoms with Crippen LogP contribution >= 0.6 is 43.2 Å². The molecule has 1 heterocycles. The van der Waals surface area contributed by atoms with Gasteiger partial charge in [0.25, 0.3) is 0 Å². The van der Waals surface area contributed by atoms with Crippen LogP contribution in [0.25, 0.3) is 0 Å². The zero-order valence-corrected chi connectivity index (χ0v) is 16.3. The van der Waals surface area contributed by atoms with E-state index >= 15 is 0 Å². The molecule has 0 fully saturated rings. The Morgan fingerprint density at radius 2 is 2.05 bits per heavy atom. The van der Waals surface area contributed by atoms with Crippen LogP contribution in [0.5, 0.6) is 0 Å². The van der Waals surface area contributed by atoms with Crippen molar-refractivity contribution in [2.45, 2.75) is 38.6 Å². The molecular formula is C15H19Br2N3S. The van der Waals surface area contributed by atoms with E-state index in [1.807, 2.05) is 12.1 Å². The molecule has 114 valence electrons. The third-order valence-electron chi connectivity index (χ3n) is 3.23. The van der Waals surface area contributed by atoms with Gasteiger partial charge in [0.15, 0.2) is 0 Å². The molecule has 1 unspecified atom stereocenters. The Hall–Kier alpha value is -0.270. The second-order valence-corrected chi connectivity index (χ2v) is 8.68. The van der Waals surface area contributed by atoms with Gasteiger partial charge in [-0.2, -0.15) is 0 Å². The van der Waals surface area contributed by atoms with Gasteiger partial charge in [-0.05, 0) is 23.8 Å². The summed E-state index contributed by atoms with van der Waals surface area (Å²) in [5, 5.41) is 3.23. The van der Waals surface area contributed by atoms with Gasteiger partial charge >= 0.3 is 0 Å². The minimum absolute atomic E-state index is 0.0239. The maximum Gasteiger partial charge on any atom is 0.0948 e. The highest BCUT2D eigenvalue weighted by atomic mass is 79.9. The lowest BCUT2D eigenvalue weighted by molar-refractivity contribution is 0.539. The molecule has 1 aromatic heterocycles. The SMILES string of the molecule is CC(C)(C)c1csc(CC(NN)c2cc(Br)ccc2Br)n1. The second kappa shape index (κ2) is 6.87. The van der Waals surface area contributed by atoms with Crippen molar-refractivity contribution in [3.8, 4) is 0 Å². The fraction of sp³-hybridized carbons (Fsp3) is 0.400. The minimum Gasteiger partial charge on any atom is -0.271 e. The van der Waals surface area contributed by atoms with Crippen molar-refractivity contribution >= 4 is 43.2 Å². The lowest BCUT2D eigenvalue weighted by Gasteiger charge is -2.17. The van der Waals surface area contributed by atoms with Crippen molar-refractivity contribution in [1.29, 1.82) is 0 Å². The summed E-state index contributed by atoms with van der Waals surface area (Å²) < 4.78 is 2.08. The molecule has 2 rings (SSSR count). The first kappa shape index (κ1) is 17.1. The summed E-state index contributed by atoms with van der Waals surface area (Å²) in [6, 6.07) is 6.12. The summed E-state index contributed by atoms with van der Waals surface area (Å²) in [5.74, 6) is 5.75. The molecule has 0 bridgehead atoms. The highest BCUT2D eigenvalue weighted by molar-refractivity contribution is 9.11. The predicted molar refractivity (Wildman–Crippen MR) is 96.4 cm³/mol. The molecule has 1 aromatic carbocycles. The Morgan fingerprint density at radius 1 is 1.33 bits per heavy atom. The standard InChI is InChI=1S/C15H19Br2N3S/c1-15(2,3)13-8-21-14(19-13)7-12(20-18)10-6-9(16)4-5-11(10)17/h4-6,8,12,20H,7,18H2,1-3H3. The molecule has 0 spiro atoms. The van der Waals surface area contributed by atoms with Crippen LogP contribution in [-0.2, 0) is 11.8 Å². The number of halogens is 2. The maximum absolute atomic E-state index is 5.75. The fourth-order valence-corrected chi connectivity index (χ4v) is 3.93. The molecule has 21 heavy (non-hydrogen) atoms. The quantitative estimate of drug-likeness (QED) is 0.543. The number of nitrogens with one attached hydrogen (secondary N) is 1. The summed E-state index contributed by atoms with van der Waals surface area (Å²) in [6.07, 6.45) is 0.770. The number of rotatable bonds is 4. The third-order valence-corrected chi connectivity index (χ3v) is 5.32. The largest absolute Gasteiger partial charge is 0.271 e. The van der Waals surface area contributed by atoms with Crippen molar-refractivity contribution < 1.29 is 0 Å². The van der Waals surface area contributed by atoms with E-state index in [-0.39, 0.29) is 11.5 Å². The van der Waals surface area contributed by atoms with E-state index in [4.69, 9.17) is 10.8 Å². The molecular weight excluding hydrogens is 414 g/mol. The summed E-state index contributed by atoms with van der Waals surface area (Å²) in [5.41, 5.74) is 5.23. The van der Waals surface area contributed by atoms with Gasteiger partial charge in [0, 0.05) is 26.2 Å². The monoisotopic (exact) mass is 431 g/mol. The molecule has 3 nitrogen and oxygen atoms in total. The van der Waals surface area contributed by atoms with Crippen LogP contribution in [0.15, 0.2) is 32.5 Å². The highest BCUT2D eigenvalue weighted by Crippen LogP contribution is 2.30. The van der Waals surface area contributed by atoms with Gasteiger partial charge < -0.3 is 0 Å². The molecule has 2 aromatic rings. The first-order valence-electron chi connectivity index (χ1n) is 6.67. The Morgan fingerprint density at radius 3 is 2.62 bits per heavy atom. The maximum atomic E-state index is 5.75. The molecule has 0 amide bonds. The average Bonchev–Trinajstić information content (AvgIpc) is 2.87. The Balaban J connectivity index is 2.23. The zero-order chi connectivity index (χ0) is 15.6. The van der Waals surface area contributed by atoms with Gasteiger partial charge in [-0.1, -0.05) is 52.6 Å². The van der Waals surface area contributed by atoms with Gasteiger partial charge in [-0.25, -0.2) is 4.98 Å². The number of hydrogen-bond donors (Lipinski definition) is 2. The molecule has 0 aliphatic heterocycles. The Labute approximate surface area is 146 Å². The normalized spacial score (nSPS) is 13.4. The smallest absolute Gasteiger partial charge is 0.0948 e. The molecule has 1 atom stereocenters. The first-order chi connectivity index (χ1) is 9.81. The summed E-state index contributed by atoms with van der Waals surface area (Å²) >= 11 is 8.79. The van der Waals surface area contributed by atoms with E-state index in [1.54, 1.807) is 11.3 Å². The molecule has 3 N–H and O–H groups in total. The van der Waals surface area contributed by atoms with Crippen LogP contribution in [0.1, 0.15) is 43.1 Å². The van der Waals surface area contributed by atoms with Crippen molar-refractivity contribution in [3.05, 3.63) is 48.8 Å². The first-order valence-corrected chi connectivity index (χ1v) is 9.14. The molecule has 6 heteroatoms. The van der Waals surface area contributed by atoms with Gasteiger partial charge in [-0.3, -0.25) is 11.3 Å². The third kappa shape index (κ3) is 4.36. The summed E-state index contributed by atoms with van der Waals surface area (Å²) in [6.45, 7) is 6.53. The van der Waals surface area contributed by atoms with E-state index < -0.39 is 0 Å². The van der Waals surface area contributed by atoms with Crippen LogP contribution in [0, 0.1) is 0 Å². The number of nitrogens with two attached hydrogens (primary N) is 1. The van der Waals surface area contributed by atoms with Crippen LogP contribution in [0.4, 0.5) is 0 Å². The number of benzene rings is 1. The van der Waals surface area contributed by atoms with E-state index in [0.717, 1.165) is 31.6 Å². The van der Waals surface area contributed by atoms with Gasteiger partial charge in [0.1, 0.15) is 0 Å². The van der Waals surface area contributed by atoms with E-state index in [9.17, 15) is 0 Å². The predicted octanol–water partition coefficient (Wildman–Crippen LogP) is 4.71. The number of hydrogen-bond acceptors (Lipinski definition) is 4. The lowest BCUT2D eigenvalue weighted by atomic mass is 9.93. The van der Waals surface area contributed by atoms with Gasteiger partial charge in [-0.15, -0.1) is 11.3 Å². The number of hydrazine groups is 1. The number of nitrogens with zero attached hydrogens (tertiary/aromatic N) is 1. The number of aromatic nitrogens is 1. The molecule has 0 radical (unpaired) electrons. The average molecular weight is 433 g/mol. The van der Waals surface area contributed by atoms with Crippen molar-refractivity contribution in [2.75, 3.05) is 0 Å². The summed E-state index contributed by atoms with van der Waals surface area (Å²) in [4.78, 5) is 4.74. The van der Waals surface area contributed by atoms with Crippen molar-refractivity contribution in [3.63, 3.8) is 0 Å². The second-order valence-electron chi connectivity index (χ2n) is 5.97. The minimum atomic E-state index is 0.0239. The molecule has 0 aliphatic rings. The van der Waals surface area contributed by atoms with Crippen LogP contribution in [-0.4, -0.2) is 4.98 Å². The van der Waals surface area contributed by atoms with Crippen LogP contribution in [0.3, 0.4) is 0 Å². The Kier molecular flexibility index (Phi) is 5.59. The van der Waals surface area contributed by atoms with Crippen LogP contribution < -0.4 is 11.3 Å². The molecule has 0 saturated heterocycles. The van der Waals surface area contributed by atoms with E-state index in [0.29, 0.717) is 0 Å². The fourth-order valence-electron chi connectivity index (χ4n) is 1.96. The number of thiazole rings is 1. The van der Waals surface area contributed by atoms with Crippen molar-refractivity contribution in [1.82, 2.24) is 10.4 Å². The van der Waals surface area contributed by atoms with Crippen LogP contribution in [0.2, 0.25) is 0 Å². The highest BCUT2D eigenvalue weighted by Gasteiger charge is 2.20. The van der Waals surface area contributed by atoms with Crippen molar-refractivity contribution in [2.24, 2.45) is 5.84 Å².